The van der Waals surface area contributed by atoms with Crippen molar-refractivity contribution < 1.29 is 27.1 Å². The molecular weight excluding hydrogens is 644 g/mol. The van der Waals surface area contributed by atoms with Gasteiger partial charge in [0.05, 0.1) is 24.0 Å². The lowest BCUT2D eigenvalue weighted by atomic mass is 10.1. The van der Waals surface area contributed by atoms with Gasteiger partial charge in [0.25, 0.3) is 21.7 Å². The monoisotopic (exact) mass is 671 g/mol. The van der Waals surface area contributed by atoms with Crippen LogP contribution < -0.4 is 35.1 Å². The number of hydrogen-bond donors (Lipinski definition) is 4. The van der Waals surface area contributed by atoms with Crippen molar-refractivity contribution in [2.75, 3.05) is 24.2 Å². The molecule has 1 fully saturated rings. The molecular formula is C25H27FIN5O6S. The zero-order valence-electron chi connectivity index (χ0n) is 21.5. The molecule has 1 saturated carbocycles. The molecule has 1 aliphatic rings. The van der Waals surface area contributed by atoms with Gasteiger partial charge in [-0.2, -0.15) is 8.42 Å². The summed E-state index contributed by atoms with van der Waals surface area (Å²) in [6.45, 7) is 1.51. The maximum absolute atomic E-state index is 14.8. The van der Waals surface area contributed by atoms with Crippen LogP contribution >= 0.6 is 22.6 Å². The molecule has 208 valence electrons. The quantitative estimate of drug-likeness (QED) is 0.241. The predicted octanol–water partition coefficient (Wildman–Crippen LogP) is 3.75. The number of aromatic nitrogens is 1. The second kappa shape index (κ2) is 11.4. The molecule has 0 bridgehead atoms. The van der Waals surface area contributed by atoms with Crippen LogP contribution in [0, 0.1) is 16.3 Å². The number of amides is 1. The Morgan fingerprint density at radius 3 is 2.49 bits per heavy atom. The molecule has 1 aliphatic carbocycles. The van der Waals surface area contributed by atoms with E-state index in [4.69, 9.17) is 9.47 Å². The number of benzene rings is 2. The highest BCUT2D eigenvalue weighted by atomic mass is 127. The average Bonchev–Trinajstić information content (AvgIpc) is 3.70. The Bertz CT molecular complexity index is 1610. The molecule has 0 atom stereocenters. The van der Waals surface area contributed by atoms with E-state index in [0.717, 1.165) is 12.8 Å². The standard InChI is InChI=1S/C25H27FIN5O6S/c1-13-22(38-16-8-10-20(37-4)19(12-16)31-39(35,36)28-2)21(24(33)29-15-6-7-15)23(32(3)25(13)34)30-18-9-5-14(27)11-17(18)26/h5,8-12,15,28,30-31H,6-7H2,1-4H3,(H,29,33). The van der Waals surface area contributed by atoms with Gasteiger partial charge in [-0.1, -0.05) is 0 Å². The predicted molar refractivity (Wildman–Crippen MR) is 154 cm³/mol. The van der Waals surface area contributed by atoms with Gasteiger partial charge in [-0.3, -0.25) is 18.9 Å². The first-order valence-corrected chi connectivity index (χ1v) is 14.3. The van der Waals surface area contributed by atoms with Crippen LogP contribution in [0.2, 0.25) is 0 Å². The molecule has 2 aromatic carbocycles. The molecule has 0 radical (unpaired) electrons. The van der Waals surface area contributed by atoms with Gasteiger partial charge in [0.2, 0.25) is 0 Å². The van der Waals surface area contributed by atoms with Gasteiger partial charge < -0.3 is 20.1 Å². The van der Waals surface area contributed by atoms with Crippen molar-refractivity contribution in [1.82, 2.24) is 14.6 Å². The molecule has 1 aromatic heterocycles. The van der Waals surface area contributed by atoms with Crippen LogP contribution in [0.4, 0.5) is 21.6 Å². The van der Waals surface area contributed by atoms with Crippen LogP contribution in [-0.4, -0.2) is 39.1 Å². The molecule has 4 N–H and O–H groups in total. The van der Waals surface area contributed by atoms with Gasteiger partial charge in [0, 0.05) is 29.8 Å². The summed E-state index contributed by atoms with van der Waals surface area (Å²) in [4.78, 5) is 26.7. The molecule has 1 heterocycles. The first-order chi connectivity index (χ1) is 18.4. The fourth-order valence-electron chi connectivity index (χ4n) is 3.75. The lowest BCUT2D eigenvalue weighted by Gasteiger charge is -2.22. The maximum Gasteiger partial charge on any atom is 0.298 e. The normalized spacial score (nSPS) is 13.1. The highest BCUT2D eigenvalue weighted by molar-refractivity contribution is 14.1. The Labute approximate surface area is 238 Å². The summed E-state index contributed by atoms with van der Waals surface area (Å²) >= 11 is 1.98. The van der Waals surface area contributed by atoms with E-state index >= 15 is 0 Å². The van der Waals surface area contributed by atoms with Crippen LogP contribution in [0.25, 0.3) is 0 Å². The van der Waals surface area contributed by atoms with Crippen LogP contribution in [0.1, 0.15) is 28.8 Å². The average molecular weight is 671 g/mol. The van der Waals surface area contributed by atoms with Crippen molar-refractivity contribution in [3.05, 3.63) is 67.3 Å². The zero-order chi connectivity index (χ0) is 28.5. The van der Waals surface area contributed by atoms with E-state index in [9.17, 15) is 22.4 Å². The minimum atomic E-state index is -3.89. The third-order valence-electron chi connectivity index (χ3n) is 5.99. The van der Waals surface area contributed by atoms with Crippen LogP contribution in [-0.2, 0) is 17.3 Å². The van der Waals surface area contributed by atoms with Gasteiger partial charge >= 0.3 is 0 Å². The highest BCUT2D eigenvalue weighted by Gasteiger charge is 2.31. The molecule has 0 spiro atoms. The van der Waals surface area contributed by atoms with Crippen molar-refractivity contribution in [3.63, 3.8) is 0 Å². The third-order valence-corrected chi connectivity index (χ3v) is 7.69. The van der Waals surface area contributed by atoms with Gasteiger partial charge in [0.1, 0.15) is 28.7 Å². The van der Waals surface area contributed by atoms with E-state index in [1.165, 1.54) is 63.0 Å². The van der Waals surface area contributed by atoms with E-state index in [1.807, 2.05) is 22.6 Å². The number of halogens is 2. The number of hydrogen-bond acceptors (Lipinski definition) is 7. The number of methoxy groups -OCH3 is 1. The minimum Gasteiger partial charge on any atom is -0.495 e. The molecule has 0 aliphatic heterocycles. The first-order valence-electron chi connectivity index (χ1n) is 11.8. The number of carbonyl (C=O) groups is 1. The van der Waals surface area contributed by atoms with Crippen molar-refractivity contribution in [2.45, 2.75) is 25.8 Å². The van der Waals surface area contributed by atoms with Crippen LogP contribution in [0.5, 0.6) is 17.2 Å². The van der Waals surface area contributed by atoms with E-state index in [1.54, 1.807) is 6.07 Å². The minimum absolute atomic E-state index is 0.00683. The fourth-order valence-corrected chi connectivity index (χ4v) is 4.75. The summed E-state index contributed by atoms with van der Waals surface area (Å²) in [5, 5.41) is 5.80. The molecule has 0 unspecified atom stereocenters. The first kappa shape index (κ1) is 28.6. The third kappa shape index (κ3) is 6.45. The van der Waals surface area contributed by atoms with Gasteiger partial charge in [-0.05, 0) is 72.7 Å². The van der Waals surface area contributed by atoms with Crippen LogP contribution in [0.3, 0.4) is 0 Å². The molecule has 1 amide bonds. The molecule has 11 nitrogen and oxygen atoms in total. The Hall–Kier alpha value is -3.37. The lowest BCUT2D eigenvalue weighted by Crippen LogP contribution is -2.31. The highest BCUT2D eigenvalue weighted by Crippen LogP contribution is 2.37. The second-order valence-electron chi connectivity index (χ2n) is 8.81. The van der Waals surface area contributed by atoms with Crippen LogP contribution in [0.15, 0.2) is 41.2 Å². The second-order valence-corrected chi connectivity index (χ2v) is 11.7. The number of rotatable bonds is 10. The largest absolute Gasteiger partial charge is 0.495 e. The van der Waals surface area contributed by atoms with Gasteiger partial charge in [-0.25, -0.2) is 9.11 Å². The molecule has 14 heteroatoms. The summed E-state index contributed by atoms with van der Waals surface area (Å²) in [7, 11) is 0.198. The van der Waals surface area contributed by atoms with Crippen molar-refractivity contribution in [1.29, 1.82) is 0 Å². The Morgan fingerprint density at radius 2 is 1.87 bits per heavy atom. The number of nitrogens with zero attached hydrogens (tertiary/aromatic N) is 1. The number of nitrogens with one attached hydrogen (secondary N) is 4. The summed E-state index contributed by atoms with van der Waals surface area (Å²) in [6, 6.07) is 8.83. The number of ether oxygens (including phenoxy) is 2. The van der Waals surface area contributed by atoms with E-state index in [-0.39, 0.29) is 51.6 Å². The maximum atomic E-state index is 14.8. The summed E-state index contributed by atoms with van der Waals surface area (Å²) in [6.07, 6.45) is 1.63. The zero-order valence-corrected chi connectivity index (χ0v) is 24.5. The van der Waals surface area contributed by atoms with E-state index < -0.39 is 27.5 Å². The Morgan fingerprint density at radius 1 is 1.15 bits per heavy atom. The number of carbonyl (C=O) groups excluding carboxylic acids is 1. The molecule has 4 rings (SSSR count). The summed E-state index contributed by atoms with van der Waals surface area (Å²) in [5.41, 5.74) is -0.234. The van der Waals surface area contributed by atoms with Gasteiger partial charge in [0.15, 0.2) is 5.75 Å². The van der Waals surface area contributed by atoms with Crippen molar-refractivity contribution >= 4 is 55.9 Å². The van der Waals surface area contributed by atoms with Crippen molar-refractivity contribution in [3.8, 4) is 17.2 Å². The summed E-state index contributed by atoms with van der Waals surface area (Å²) in [5.74, 6) is -0.773. The fraction of sp³-hybridized carbons (Fsp3) is 0.280. The Balaban J connectivity index is 1.86. The summed E-state index contributed by atoms with van der Waals surface area (Å²) < 4.78 is 56.7. The lowest BCUT2D eigenvalue weighted by molar-refractivity contribution is 0.0948. The molecule has 0 saturated heterocycles. The molecule has 39 heavy (non-hydrogen) atoms. The van der Waals surface area contributed by atoms with E-state index in [0.29, 0.717) is 3.57 Å². The number of pyridine rings is 1. The SMILES string of the molecule is CNS(=O)(=O)Nc1cc(Oc2c(C(=O)NC3CC3)c(Nc3ccc(I)cc3F)n(C)c(=O)c2C)ccc1OC. The number of anilines is 3. The smallest absolute Gasteiger partial charge is 0.298 e. The van der Waals surface area contributed by atoms with E-state index in [2.05, 4.69) is 20.1 Å². The topological polar surface area (TPSA) is 140 Å². The van der Waals surface area contributed by atoms with Crippen molar-refractivity contribution in [2.24, 2.45) is 7.05 Å². The van der Waals surface area contributed by atoms with Gasteiger partial charge in [-0.15, -0.1) is 0 Å². The Kier molecular flexibility index (Phi) is 8.37. The molecule has 3 aromatic rings.